The lowest BCUT2D eigenvalue weighted by Crippen LogP contribution is -2.48. The van der Waals surface area contributed by atoms with Gasteiger partial charge in [0.25, 0.3) is 0 Å². The molecule has 0 aliphatic heterocycles. The summed E-state index contributed by atoms with van der Waals surface area (Å²) in [6, 6.07) is -2.13. The van der Waals surface area contributed by atoms with Gasteiger partial charge in [-0.25, -0.2) is 4.79 Å². The molecule has 0 saturated heterocycles. The number of nitrogens with zero attached hydrogens (tertiary/aromatic N) is 1. The molecule has 0 radical (unpaired) electrons. The van der Waals surface area contributed by atoms with Crippen molar-refractivity contribution in [2.24, 2.45) is 22.2 Å². The Labute approximate surface area is 110 Å². The number of nitrogens with one attached hydrogen (secondary N) is 1. The van der Waals surface area contributed by atoms with E-state index >= 15 is 0 Å². The molecule has 0 bridgehead atoms. The van der Waals surface area contributed by atoms with E-state index in [0.29, 0.717) is 12.7 Å². The Bertz CT molecular complexity index is 354. The van der Waals surface area contributed by atoms with E-state index in [1.807, 2.05) is 0 Å². The summed E-state index contributed by atoms with van der Waals surface area (Å²) >= 11 is 0. The number of hydrogen-bond donors (Lipinski definition) is 5. The normalized spacial score (nSPS) is 13.1. The number of aliphatic imine (C=N–C) groups is 1. The lowest BCUT2D eigenvalue weighted by atomic mass is 10.1. The molecule has 0 saturated carbocycles. The lowest BCUT2D eigenvalue weighted by Gasteiger charge is -2.16. The van der Waals surface area contributed by atoms with Crippen molar-refractivity contribution >= 4 is 24.1 Å². The van der Waals surface area contributed by atoms with Crippen molar-refractivity contribution in [2.75, 3.05) is 6.54 Å². The van der Waals surface area contributed by atoms with Gasteiger partial charge in [0, 0.05) is 13.0 Å². The number of amides is 1. The molecule has 0 spiro atoms. The molecule has 9 heteroatoms. The number of aliphatic carboxylic acids is 1. The van der Waals surface area contributed by atoms with Gasteiger partial charge in [-0.1, -0.05) is 0 Å². The van der Waals surface area contributed by atoms with Crippen LogP contribution in [0, 0.1) is 0 Å². The number of carbonyl (C=O) groups excluding carboxylic acids is 2. The first-order chi connectivity index (χ1) is 8.88. The summed E-state index contributed by atoms with van der Waals surface area (Å²) in [4.78, 5) is 36.3. The molecule has 0 aromatic rings. The molecule has 0 rings (SSSR count). The first kappa shape index (κ1) is 16.8. The summed E-state index contributed by atoms with van der Waals surface area (Å²) in [6.45, 7) is 0.266. The standard InChI is InChI=1S/C10H19N5O4/c11-6(3-5-16)8(17)15-7(9(18)19)2-1-4-14-10(12)13/h5-7H,1-4,11H2,(H,15,17)(H,18,19)(H4,12,13,14)/t6-,7-/m0/s1. The molecule has 0 aromatic carbocycles. The summed E-state index contributed by atoms with van der Waals surface area (Å²) in [5, 5.41) is 11.2. The predicted molar refractivity (Wildman–Crippen MR) is 68.1 cm³/mol. The largest absolute Gasteiger partial charge is 0.480 e. The van der Waals surface area contributed by atoms with Crippen molar-refractivity contribution in [3.63, 3.8) is 0 Å². The molecule has 0 fully saturated rings. The van der Waals surface area contributed by atoms with Crippen molar-refractivity contribution < 1.29 is 19.5 Å². The average Bonchev–Trinajstić information content (AvgIpc) is 2.32. The van der Waals surface area contributed by atoms with E-state index in [2.05, 4.69) is 10.3 Å². The van der Waals surface area contributed by atoms with Gasteiger partial charge in [0.2, 0.25) is 5.91 Å². The molecule has 0 aliphatic carbocycles. The molecule has 0 heterocycles. The Morgan fingerprint density at radius 1 is 1.37 bits per heavy atom. The van der Waals surface area contributed by atoms with Gasteiger partial charge in [0.1, 0.15) is 12.3 Å². The fraction of sp³-hybridized carbons (Fsp3) is 0.600. The number of nitrogens with two attached hydrogens (primary N) is 3. The molecule has 0 aromatic heterocycles. The van der Waals surface area contributed by atoms with E-state index in [1.54, 1.807) is 0 Å². The third-order valence-electron chi connectivity index (χ3n) is 2.25. The Kier molecular flexibility index (Phi) is 7.85. The molecule has 8 N–H and O–H groups in total. The van der Waals surface area contributed by atoms with Crippen molar-refractivity contribution in [3.05, 3.63) is 0 Å². The highest BCUT2D eigenvalue weighted by atomic mass is 16.4. The number of aldehydes is 1. The van der Waals surface area contributed by atoms with Crippen LogP contribution in [0.25, 0.3) is 0 Å². The molecule has 1 amide bonds. The fourth-order valence-corrected chi connectivity index (χ4v) is 1.25. The summed E-state index contributed by atoms with van der Waals surface area (Å²) in [6.07, 6.45) is 0.884. The van der Waals surface area contributed by atoms with Gasteiger partial charge < -0.3 is 32.4 Å². The summed E-state index contributed by atoms with van der Waals surface area (Å²) in [5.74, 6) is -1.94. The van der Waals surface area contributed by atoms with Crippen LogP contribution in [0.15, 0.2) is 4.99 Å². The molecule has 2 atom stereocenters. The van der Waals surface area contributed by atoms with Crippen LogP contribution < -0.4 is 22.5 Å². The van der Waals surface area contributed by atoms with Crippen LogP contribution in [0.1, 0.15) is 19.3 Å². The van der Waals surface area contributed by atoms with E-state index in [0.717, 1.165) is 0 Å². The van der Waals surface area contributed by atoms with Gasteiger partial charge in [-0.05, 0) is 12.8 Å². The Balaban J connectivity index is 4.26. The minimum absolute atomic E-state index is 0.0797. The van der Waals surface area contributed by atoms with Gasteiger partial charge in [0.05, 0.1) is 6.04 Å². The van der Waals surface area contributed by atoms with Crippen LogP contribution in [0.2, 0.25) is 0 Å². The zero-order valence-corrected chi connectivity index (χ0v) is 10.4. The number of rotatable bonds is 9. The van der Waals surface area contributed by atoms with Crippen LogP contribution in [0.3, 0.4) is 0 Å². The zero-order valence-electron chi connectivity index (χ0n) is 10.4. The monoisotopic (exact) mass is 273 g/mol. The second kappa shape index (κ2) is 8.86. The first-order valence-corrected chi connectivity index (χ1v) is 5.66. The fourth-order valence-electron chi connectivity index (χ4n) is 1.25. The molecule has 9 nitrogen and oxygen atoms in total. The Morgan fingerprint density at radius 3 is 2.47 bits per heavy atom. The third-order valence-corrected chi connectivity index (χ3v) is 2.25. The third kappa shape index (κ3) is 7.71. The lowest BCUT2D eigenvalue weighted by molar-refractivity contribution is -0.142. The maximum Gasteiger partial charge on any atom is 0.326 e. The van der Waals surface area contributed by atoms with Crippen LogP contribution >= 0.6 is 0 Å². The predicted octanol–water partition coefficient (Wildman–Crippen LogP) is -2.47. The number of carbonyl (C=O) groups is 3. The molecule has 19 heavy (non-hydrogen) atoms. The number of carboxylic acid groups (broad SMARTS) is 1. The topological polar surface area (TPSA) is 174 Å². The van der Waals surface area contributed by atoms with Gasteiger partial charge in [-0.2, -0.15) is 0 Å². The Hall–Kier alpha value is -2.16. The molecular formula is C10H19N5O4. The van der Waals surface area contributed by atoms with Gasteiger partial charge in [-0.15, -0.1) is 0 Å². The van der Waals surface area contributed by atoms with Crippen molar-refractivity contribution in [2.45, 2.75) is 31.3 Å². The highest BCUT2D eigenvalue weighted by Crippen LogP contribution is 1.99. The molecule has 0 aliphatic rings. The highest BCUT2D eigenvalue weighted by molar-refractivity contribution is 5.88. The quantitative estimate of drug-likeness (QED) is 0.134. The zero-order chi connectivity index (χ0) is 14.8. The van der Waals surface area contributed by atoms with Crippen molar-refractivity contribution in [3.8, 4) is 0 Å². The van der Waals surface area contributed by atoms with Crippen molar-refractivity contribution in [1.82, 2.24) is 5.32 Å². The van der Waals surface area contributed by atoms with Crippen LogP contribution in [-0.2, 0) is 14.4 Å². The minimum atomic E-state index is -1.18. The SMILES string of the molecule is NC(N)=NCCC[C@H](NC(=O)[C@@H](N)CC=O)C(=O)O. The van der Waals surface area contributed by atoms with E-state index in [9.17, 15) is 14.4 Å². The number of hydrogen-bond acceptors (Lipinski definition) is 5. The number of carboxylic acids is 1. The maximum atomic E-state index is 11.5. The summed E-state index contributed by atoms with van der Waals surface area (Å²) in [7, 11) is 0. The van der Waals surface area contributed by atoms with E-state index < -0.39 is 24.0 Å². The first-order valence-electron chi connectivity index (χ1n) is 5.66. The van der Waals surface area contributed by atoms with E-state index in [-0.39, 0.29) is 25.3 Å². The summed E-state index contributed by atoms with van der Waals surface area (Å²) in [5.41, 5.74) is 15.6. The maximum absolute atomic E-state index is 11.5. The smallest absolute Gasteiger partial charge is 0.326 e. The van der Waals surface area contributed by atoms with Gasteiger partial charge in [0.15, 0.2) is 5.96 Å². The van der Waals surface area contributed by atoms with Crippen LogP contribution in [0.5, 0.6) is 0 Å². The highest BCUT2D eigenvalue weighted by Gasteiger charge is 2.22. The average molecular weight is 273 g/mol. The van der Waals surface area contributed by atoms with E-state index in [1.165, 1.54) is 0 Å². The van der Waals surface area contributed by atoms with Crippen LogP contribution in [-0.4, -0.2) is 47.9 Å². The van der Waals surface area contributed by atoms with Gasteiger partial charge >= 0.3 is 5.97 Å². The Morgan fingerprint density at radius 2 is 2.00 bits per heavy atom. The molecule has 0 unspecified atom stereocenters. The van der Waals surface area contributed by atoms with E-state index in [4.69, 9.17) is 22.3 Å². The summed E-state index contributed by atoms with van der Waals surface area (Å²) < 4.78 is 0. The van der Waals surface area contributed by atoms with Gasteiger partial charge in [-0.3, -0.25) is 9.79 Å². The second-order valence-electron chi connectivity index (χ2n) is 3.86. The minimum Gasteiger partial charge on any atom is -0.480 e. The molecular weight excluding hydrogens is 254 g/mol. The van der Waals surface area contributed by atoms with Crippen LogP contribution in [0.4, 0.5) is 0 Å². The second-order valence-corrected chi connectivity index (χ2v) is 3.86. The number of guanidine groups is 1. The van der Waals surface area contributed by atoms with Crippen molar-refractivity contribution in [1.29, 1.82) is 0 Å². The molecule has 108 valence electrons.